The Kier molecular flexibility index (Phi) is 8.36. The van der Waals surface area contributed by atoms with Gasteiger partial charge in [0.1, 0.15) is 28.9 Å². The summed E-state index contributed by atoms with van der Waals surface area (Å²) in [6.07, 6.45) is 2.60. The smallest absolute Gasteiger partial charge is 0.255 e. The maximum atomic E-state index is 13.7. The molecule has 0 fully saturated rings. The zero-order valence-electron chi connectivity index (χ0n) is 22.2. The first-order chi connectivity index (χ1) is 18.7. The molecule has 2 heterocycles. The molecule has 6 nitrogen and oxygen atoms in total. The minimum atomic E-state index is -0.460. The molecule has 0 aliphatic heterocycles. The Bertz CT molecular complexity index is 1580. The molecule has 2 aromatic carbocycles. The lowest BCUT2D eigenvalue weighted by Gasteiger charge is -2.32. The number of thiol groups is 1. The average molecular weight is 546 g/mol. The van der Waals surface area contributed by atoms with Crippen molar-refractivity contribution in [3.05, 3.63) is 117 Å². The van der Waals surface area contributed by atoms with Crippen molar-refractivity contribution in [2.45, 2.75) is 33.2 Å². The van der Waals surface area contributed by atoms with Crippen LogP contribution in [0.5, 0.6) is 0 Å². The van der Waals surface area contributed by atoms with Crippen molar-refractivity contribution < 1.29 is 8.78 Å². The second-order valence-corrected chi connectivity index (χ2v) is 9.78. The van der Waals surface area contributed by atoms with Crippen molar-refractivity contribution in [1.29, 1.82) is 5.26 Å². The monoisotopic (exact) mass is 545 g/mol. The molecule has 4 rings (SSSR count). The molecular formula is C30H29F2N5OS. The Morgan fingerprint density at radius 3 is 2.15 bits per heavy atom. The highest BCUT2D eigenvalue weighted by molar-refractivity contribution is 7.77. The lowest BCUT2D eigenvalue weighted by molar-refractivity contribution is 0.522. The molecule has 0 N–H and O–H groups in total. The van der Waals surface area contributed by atoms with Crippen molar-refractivity contribution in [2.75, 3.05) is 11.4 Å². The normalized spacial score (nSPS) is 11.6. The highest BCUT2D eigenvalue weighted by Crippen LogP contribution is 2.34. The Hall–Kier alpha value is -4.16. The Morgan fingerprint density at radius 1 is 1.08 bits per heavy atom. The molecule has 0 atom stereocenters. The summed E-state index contributed by atoms with van der Waals surface area (Å²) in [6.45, 7) is 6.27. The Balaban J connectivity index is 1.87. The fourth-order valence-electron chi connectivity index (χ4n) is 4.74. The predicted octanol–water partition coefficient (Wildman–Crippen LogP) is 6.41. The van der Waals surface area contributed by atoms with Gasteiger partial charge >= 0.3 is 0 Å². The van der Waals surface area contributed by atoms with E-state index in [0.29, 0.717) is 28.8 Å². The van der Waals surface area contributed by atoms with Gasteiger partial charge in [0.25, 0.3) is 5.56 Å². The maximum absolute atomic E-state index is 13.7. The van der Waals surface area contributed by atoms with E-state index in [0.717, 1.165) is 23.2 Å². The third kappa shape index (κ3) is 5.66. The van der Waals surface area contributed by atoms with E-state index in [4.69, 9.17) is 12.8 Å². The Morgan fingerprint density at radius 2 is 1.64 bits per heavy atom. The van der Waals surface area contributed by atoms with Gasteiger partial charge in [0, 0.05) is 31.1 Å². The van der Waals surface area contributed by atoms with Gasteiger partial charge < -0.3 is 13.8 Å². The molecule has 0 aliphatic rings. The van der Waals surface area contributed by atoms with Crippen LogP contribution in [0.3, 0.4) is 0 Å². The number of aromatic nitrogens is 2. The number of rotatable bonds is 8. The fraction of sp³-hybridized carbons (Fsp3) is 0.233. The van der Waals surface area contributed by atoms with Gasteiger partial charge in [-0.05, 0) is 67.8 Å². The minimum absolute atomic E-state index is 0.156. The molecule has 0 saturated carbocycles. The summed E-state index contributed by atoms with van der Waals surface area (Å²) in [4.78, 5) is 19.8. The van der Waals surface area contributed by atoms with Gasteiger partial charge in [-0.15, -0.1) is 0 Å². The zero-order chi connectivity index (χ0) is 28.3. The average Bonchev–Trinajstić information content (AvgIpc) is 2.93. The molecule has 0 amide bonds. The number of fused-ring (bicyclic) bond motifs is 1. The molecule has 0 saturated heterocycles. The number of pyridine rings is 2. The molecule has 0 aliphatic carbocycles. The first-order valence-corrected chi connectivity index (χ1v) is 12.9. The summed E-state index contributed by atoms with van der Waals surface area (Å²) in [5, 5.41) is 9.49. The second-order valence-electron chi connectivity index (χ2n) is 9.32. The van der Waals surface area contributed by atoms with E-state index in [-0.39, 0.29) is 22.9 Å². The minimum Gasteiger partial charge on any atom is -0.342 e. The van der Waals surface area contributed by atoms with Crippen LogP contribution in [0.1, 0.15) is 48.7 Å². The molecule has 9 heteroatoms. The van der Waals surface area contributed by atoms with Crippen LogP contribution in [0.25, 0.3) is 11.0 Å². The van der Waals surface area contributed by atoms with Crippen LogP contribution in [-0.2, 0) is 7.05 Å². The number of nitrogens with zero attached hydrogens (tertiary/aromatic N) is 5. The molecule has 200 valence electrons. The quantitative estimate of drug-likeness (QED) is 0.259. The van der Waals surface area contributed by atoms with Gasteiger partial charge in [0.15, 0.2) is 0 Å². The van der Waals surface area contributed by atoms with Crippen LogP contribution >= 0.6 is 12.8 Å². The fourth-order valence-corrected chi connectivity index (χ4v) is 5.17. The SMILES string of the molecule is CCCN(/C(C)=C\N(S)C(c1ccc(F)cc1)c1ccc(F)cc1)c1c(C)c(=O)n(C)c2ccc(C#N)nc12. The van der Waals surface area contributed by atoms with E-state index < -0.39 is 6.04 Å². The number of aryl methyl sites for hydroxylation is 1. The number of hydrogen-bond acceptors (Lipinski definition) is 6. The van der Waals surface area contributed by atoms with Gasteiger partial charge in [-0.2, -0.15) is 5.26 Å². The second kappa shape index (κ2) is 11.7. The van der Waals surface area contributed by atoms with Crippen LogP contribution < -0.4 is 10.5 Å². The van der Waals surface area contributed by atoms with E-state index in [1.807, 2.05) is 24.9 Å². The number of nitriles is 1. The van der Waals surface area contributed by atoms with Crippen molar-refractivity contribution >= 4 is 29.5 Å². The molecule has 0 bridgehead atoms. The van der Waals surface area contributed by atoms with Gasteiger partial charge in [0.05, 0.1) is 17.2 Å². The van der Waals surface area contributed by atoms with Gasteiger partial charge in [-0.1, -0.05) is 44.0 Å². The van der Waals surface area contributed by atoms with Gasteiger partial charge in [-0.3, -0.25) is 4.79 Å². The zero-order valence-corrected chi connectivity index (χ0v) is 23.1. The number of allylic oxidation sites excluding steroid dienone is 1. The molecule has 0 unspecified atom stereocenters. The summed E-state index contributed by atoms with van der Waals surface area (Å²) in [5.74, 6) is -0.721. The van der Waals surface area contributed by atoms with E-state index in [2.05, 4.69) is 11.1 Å². The number of anilines is 1. The molecule has 0 radical (unpaired) electrons. The topological polar surface area (TPSA) is 65.2 Å². The first-order valence-electron chi connectivity index (χ1n) is 12.5. The highest BCUT2D eigenvalue weighted by Gasteiger charge is 2.23. The molecule has 39 heavy (non-hydrogen) atoms. The largest absolute Gasteiger partial charge is 0.342 e. The first kappa shape index (κ1) is 27.9. The number of hydrogen-bond donors (Lipinski definition) is 1. The standard InChI is InChI=1S/C30H29F2N5OS/c1-5-16-36(28-20(3)30(38)35(4)26-15-14-25(17-33)34-27(26)28)19(2)18-37(39)29(21-6-10-23(31)11-7-21)22-8-12-24(32)13-9-22/h6-15,18,29,39H,5,16H2,1-4H3/b19-18-. The number of halogens is 2. The van der Waals surface area contributed by atoms with Crippen LogP contribution in [0.2, 0.25) is 0 Å². The van der Waals surface area contributed by atoms with E-state index in [9.17, 15) is 18.8 Å². The summed E-state index contributed by atoms with van der Waals surface area (Å²) in [7, 11) is 1.69. The highest BCUT2D eigenvalue weighted by atomic mass is 32.1. The lowest BCUT2D eigenvalue weighted by Crippen LogP contribution is -2.30. The van der Waals surface area contributed by atoms with Crippen LogP contribution in [0.4, 0.5) is 14.5 Å². The molecule has 0 spiro atoms. The summed E-state index contributed by atoms with van der Waals surface area (Å²) >= 11 is 4.80. The molecule has 4 aromatic rings. The third-order valence-corrected chi connectivity index (χ3v) is 7.00. The van der Waals surface area contributed by atoms with Crippen LogP contribution in [0.15, 0.2) is 77.4 Å². The van der Waals surface area contributed by atoms with E-state index in [1.165, 1.54) is 28.8 Å². The van der Waals surface area contributed by atoms with Gasteiger partial charge in [-0.25, -0.2) is 13.8 Å². The van der Waals surface area contributed by atoms with Crippen molar-refractivity contribution in [3.8, 4) is 6.07 Å². The summed E-state index contributed by atoms with van der Waals surface area (Å²) in [6, 6.07) is 17.1. The number of benzene rings is 2. The maximum Gasteiger partial charge on any atom is 0.255 e. The van der Waals surface area contributed by atoms with Crippen molar-refractivity contribution in [1.82, 2.24) is 13.9 Å². The van der Waals surface area contributed by atoms with Crippen molar-refractivity contribution in [3.63, 3.8) is 0 Å². The molecular weight excluding hydrogens is 516 g/mol. The van der Waals surface area contributed by atoms with Crippen LogP contribution in [-0.4, -0.2) is 20.4 Å². The van der Waals surface area contributed by atoms with Gasteiger partial charge in [0.2, 0.25) is 0 Å². The van der Waals surface area contributed by atoms with E-state index in [1.54, 1.807) is 54.7 Å². The summed E-state index contributed by atoms with van der Waals surface area (Å²) < 4.78 is 30.7. The predicted molar refractivity (Wildman–Crippen MR) is 153 cm³/mol. The van der Waals surface area contributed by atoms with Crippen molar-refractivity contribution in [2.24, 2.45) is 7.05 Å². The van der Waals surface area contributed by atoms with E-state index >= 15 is 0 Å². The van der Waals surface area contributed by atoms with Crippen LogP contribution in [0, 0.1) is 29.9 Å². The third-order valence-electron chi connectivity index (χ3n) is 6.65. The Labute approximate surface area is 232 Å². The lowest BCUT2D eigenvalue weighted by atomic mass is 9.98. The molecule has 2 aromatic heterocycles. The summed E-state index contributed by atoms with van der Waals surface area (Å²) in [5.41, 5.74) is 4.69.